The van der Waals surface area contributed by atoms with Gasteiger partial charge in [0.15, 0.2) is 17.7 Å². The highest BCUT2D eigenvalue weighted by Crippen LogP contribution is 2.40. The van der Waals surface area contributed by atoms with Gasteiger partial charge in [-0.15, -0.1) is 0 Å². The van der Waals surface area contributed by atoms with E-state index in [-0.39, 0.29) is 40.4 Å². The number of benzene rings is 2. The van der Waals surface area contributed by atoms with Gasteiger partial charge in [-0.1, -0.05) is 18.2 Å². The van der Waals surface area contributed by atoms with Crippen LogP contribution in [0, 0.1) is 5.82 Å². The summed E-state index contributed by atoms with van der Waals surface area (Å²) in [7, 11) is 0. The van der Waals surface area contributed by atoms with Gasteiger partial charge in [0, 0.05) is 11.8 Å². The maximum absolute atomic E-state index is 14.3. The molecule has 5 rings (SSSR count). The number of hydrogen-bond donors (Lipinski definition) is 0. The Labute approximate surface area is 238 Å². The molecule has 222 valence electrons. The van der Waals surface area contributed by atoms with Gasteiger partial charge in [0.2, 0.25) is 0 Å². The average molecular weight is 604 g/mol. The van der Waals surface area contributed by atoms with Crippen molar-refractivity contribution in [2.75, 3.05) is 0 Å². The molecule has 0 spiro atoms. The van der Waals surface area contributed by atoms with Gasteiger partial charge in [-0.2, -0.15) is 36.5 Å². The quantitative estimate of drug-likeness (QED) is 0.159. The number of esters is 1. The molecule has 3 aromatic rings. The van der Waals surface area contributed by atoms with Gasteiger partial charge in [0.05, 0.1) is 40.5 Å². The molecule has 0 bridgehead atoms. The summed E-state index contributed by atoms with van der Waals surface area (Å²) in [6, 6.07) is 7.97. The fraction of sp³-hybridized carbons (Fsp3) is 0.214. The van der Waals surface area contributed by atoms with Crippen molar-refractivity contribution in [1.82, 2.24) is 29.7 Å². The first-order valence-electron chi connectivity index (χ1n) is 12.5. The van der Waals surface area contributed by atoms with E-state index in [1.807, 2.05) is 0 Å². The Bertz CT molecular complexity index is 1750. The molecule has 0 radical (unpaired) electrons. The standard InChI is InChI=1S/C28H19F7N6O2/c1-14(2)43-26(42)23(41-12-22-25(36-13-41)38-24(37-22)17-5-3-4-6-19(17)29)21-10-9-20(39-40-21)16-8-7-15(27(30,31)32)11-18(16)28(33,34)35/h3-14,23H,1-2H3. The number of alkyl halides is 6. The average Bonchev–Trinajstić information content (AvgIpc) is 3.35. The third-order valence-electron chi connectivity index (χ3n) is 6.13. The third kappa shape index (κ3) is 6.15. The first-order chi connectivity index (χ1) is 20.2. The lowest BCUT2D eigenvalue weighted by Gasteiger charge is -2.20. The lowest BCUT2D eigenvalue weighted by Crippen LogP contribution is -2.27. The minimum absolute atomic E-state index is 0.000931. The number of hydrogen-bond acceptors (Lipinski definition) is 7. The van der Waals surface area contributed by atoms with Gasteiger partial charge in [0.25, 0.3) is 0 Å². The molecule has 0 saturated heterocycles. The number of ether oxygens (including phenoxy) is 1. The Kier molecular flexibility index (Phi) is 7.58. The Morgan fingerprint density at radius 2 is 1.58 bits per heavy atom. The van der Waals surface area contributed by atoms with Crippen LogP contribution in [0.4, 0.5) is 30.7 Å². The number of fused-ring (bicyclic) bond motifs is 1. The number of carbonyl (C=O) groups excluding carboxylic acids is 1. The van der Waals surface area contributed by atoms with E-state index < -0.39 is 53.0 Å². The van der Waals surface area contributed by atoms with Crippen LogP contribution >= 0.6 is 0 Å². The summed E-state index contributed by atoms with van der Waals surface area (Å²) < 4.78 is 101. The second-order valence-electron chi connectivity index (χ2n) is 9.54. The summed E-state index contributed by atoms with van der Waals surface area (Å²) in [5.41, 5.74) is -3.80. The van der Waals surface area contributed by atoms with E-state index in [1.54, 1.807) is 19.9 Å². The van der Waals surface area contributed by atoms with Crippen molar-refractivity contribution < 1.29 is 40.3 Å². The van der Waals surface area contributed by atoms with Crippen LogP contribution < -0.4 is 0 Å². The summed E-state index contributed by atoms with van der Waals surface area (Å²) in [5.74, 6) is -1.17. The van der Waals surface area contributed by atoms with Crippen LogP contribution in [0.1, 0.15) is 36.7 Å². The molecule has 1 unspecified atom stereocenters. The van der Waals surface area contributed by atoms with E-state index in [0.717, 1.165) is 6.07 Å². The zero-order valence-electron chi connectivity index (χ0n) is 22.2. The minimum Gasteiger partial charge on any atom is -0.461 e. The van der Waals surface area contributed by atoms with Gasteiger partial charge in [-0.3, -0.25) is 0 Å². The van der Waals surface area contributed by atoms with Crippen LogP contribution in [-0.2, 0) is 21.9 Å². The molecular weight excluding hydrogens is 585 g/mol. The van der Waals surface area contributed by atoms with Crippen molar-refractivity contribution in [3.63, 3.8) is 0 Å². The monoisotopic (exact) mass is 604 g/mol. The SMILES string of the molecule is CC(C)OC(=O)C(c1ccc(-c2ccc(C(F)(F)F)cc2C(F)(F)F)nn1)n1cnc2nc(-c3ccccc3F)nc-2c1. The Hall–Kier alpha value is -4.95. The molecule has 2 aliphatic rings. The summed E-state index contributed by atoms with van der Waals surface area (Å²) in [5, 5.41) is 7.72. The highest BCUT2D eigenvalue weighted by atomic mass is 19.4. The zero-order chi connectivity index (χ0) is 31.1. The van der Waals surface area contributed by atoms with Crippen LogP contribution in [-0.4, -0.2) is 41.8 Å². The molecule has 0 N–H and O–H groups in total. The van der Waals surface area contributed by atoms with E-state index in [9.17, 15) is 35.5 Å². The molecule has 43 heavy (non-hydrogen) atoms. The Morgan fingerprint density at radius 1 is 0.837 bits per heavy atom. The number of imidazole rings is 1. The summed E-state index contributed by atoms with van der Waals surface area (Å²) >= 11 is 0. The maximum Gasteiger partial charge on any atom is 0.417 e. The largest absolute Gasteiger partial charge is 0.461 e. The Morgan fingerprint density at radius 3 is 2.21 bits per heavy atom. The van der Waals surface area contributed by atoms with Gasteiger partial charge < -0.3 is 9.30 Å². The molecule has 15 heteroatoms. The van der Waals surface area contributed by atoms with Crippen LogP contribution in [0.25, 0.3) is 34.2 Å². The lowest BCUT2D eigenvalue weighted by molar-refractivity contribution is -0.150. The Balaban J connectivity index is 1.55. The lowest BCUT2D eigenvalue weighted by atomic mass is 10.00. The van der Waals surface area contributed by atoms with Crippen molar-refractivity contribution in [2.24, 2.45) is 0 Å². The van der Waals surface area contributed by atoms with E-state index in [4.69, 9.17) is 4.74 Å². The predicted octanol–water partition coefficient (Wildman–Crippen LogP) is 6.62. The van der Waals surface area contributed by atoms with Crippen molar-refractivity contribution >= 4 is 5.97 Å². The highest BCUT2D eigenvalue weighted by Gasteiger charge is 2.39. The molecule has 1 aromatic heterocycles. The van der Waals surface area contributed by atoms with Gasteiger partial charge in [-0.05, 0) is 50.2 Å². The molecule has 1 atom stereocenters. The minimum atomic E-state index is -5.13. The van der Waals surface area contributed by atoms with Crippen LogP contribution in [0.5, 0.6) is 0 Å². The highest BCUT2D eigenvalue weighted by molar-refractivity contribution is 5.78. The van der Waals surface area contributed by atoms with Crippen molar-refractivity contribution in [3.8, 4) is 34.2 Å². The summed E-state index contributed by atoms with van der Waals surface area (Å²) in [6.07, 6.45) is -8.07. The van der Waals surface area contributed by atoms with E-state index >= 15 is 0 Å². The van der Waals surface area contributed by atoms with Crippen molar-refractivity contribution in [3.05, 3.63) is 89.8 Å². The fourth-order valence-electron chi connectivity index (χ4n) is 4.23. The maximum atomic E-state index is 14.3. The number of nitrogens with zero attached hydrogens (tertiary/aromatic N) is 6. The van der Waals surface area contributed by atoms with Gasteiger partial charge >= 0.3 is 18.3 Å². The van der Waals surface area contributed by atoms with Crippen LogP contribution in [0.15, 0.2) is 67.1 Å². The smallest absolute Gasteiger partial charge is 0.417 e. The predicted molar refractivity (Wildman–Crippen MR) is 137 cm³/mol. The molecule has 2 aromatic carbocycles. The molecule has 2 aliphatic heterocycles. The second-order valence-corrected chi connectivity index (χ2v) is 9.54. The third-order valence-corrected chi connectivity index (χ3v) is 6.13. The number of carbonyl (C=O) groups is 1. The fourth-order valence-corrected chi connectivity index (χ4v) is 4.23. The van der Waals surface area contributed by atoms with E-state index in [1.165, 1.54) is 41.4 Å². The van der Waals surface area contributed by atoms with Gasteiger partial charge in [-0.25, -0.2) is 24.1 Å². The van der Waals surface area contributed by atoms with Crippen LogP contribution in [0.2, 0.25) is 0 Å². The van der Waals surface area contributed by atoms with E-state index in [2.05, 4.69) is 25.1 Å². The normalized spacial score (nSPS) is 13.0. The first-order valence-corrected chi connectivity index (χ1v) is 12.5. The van der Waals surface area contributed by atoms with E-state index in [0.29, 0.717) is 12.1 Å². The van der Waals surface area contributed by atoms with Crippen LogP contribution in [0.3, 0.4) is 0 Å². The molecule has 0 aliphatic carbocycles. The molecule has 3 heterocycles. The molecule has 0 amide bonds. The summed E-state index contributed by atoms with van der Waals surface area (Å²) in [6.45, 7) is 3.20. The molecule has 0 saturated carbocycles. The zero-order valence-corrected chi connectivity index (χ0v) is 22.2. The van der Waals surface area contributed by atoms with Crippen molar-refractivity contribution in [2.45, 2.75) is 38.3 Å². The number of rotatable bonds is 6. The number of halogens is 7. The molecule has 0 fully saturated rings. The topological polar surface area (TPSA) is 95.7 Å². The molecule has 8 nitrogen and oxygen atoms in total. The molecular formula is C28H19F7N6O2. The number of aromatic nitrogens is 6. The van der Waals surface area contributed by atoms with Gasteiger partial charge in [0.1, 0.15) is 11.5 Å². The van der Waals surface area contributed by atoms with Crippen molar-refractivity contribution in [1.29, 1.82) is 0 Å². The first kappa shape index (κ1) is 29.5. The summed E-state index contributed by atoms with van der Waals surface area (Å²) in [4.78, 5) is 25.9. The second kappa shape index (κ2) is 11.0.